The maximum atomic E-state index is 13.1. The molecule has 0 aliphatic carbocycles. The quantitative estimate of drug-likeness (QED) is 0.626. The molecule has 0 amide bonds. The lowest BCUT2D eigenvalue weighted by Gasteiger charge is -2.20. The number of nitrogens with zero attached hydrogens (tertiary/aromatic N) is 3. The van der Waals surface area contributed by atoms with Gasteiger partial charge in [0.05, 0.1) is 10.9 Å². The first-order chi connectivity index (χ1) is 13.6. The van der Waals surface area contributed by atoms with Crippen LogP contribution in [0.25, 0.3) is 5.65 Å². The Morgan fingerprint density at radius 2 is 2.00 bits per heavy atom. The maximum Gasteiger partial charge on any atom is 0.241 e. The highest BCUT2D eigenvalue weighted by Gasteiger charge is 2.26. The number of hydrogen-bond acceptors (Lipinski definition) is 7. The molecule has 148 valence electrons. The normalized spacial score (nSPS) is 14.9. The Morgan fingerprint density at radius 3 is 2.82 bits per heavy atom. The second kappa shape index (κ2) is 7.98. The summed E-state index contributed by atoms with van der Waals surface area (Å²) < 4.78 is 41.7. The summed E-state index contributed by atoms with van der Waals surface area (Å²) in [6.07, 6.45) is 4.39. The molecular weight excluding hydrogens is 400 g/mol. The summed E-state index contributed by atoms with van der Waals surface area (Å²) >= 11 is 1.64. The highest BCUT2D eigenvalue weighted by atomic mass is 32.2. The average molecular weight is 421 g/mol. The van der Waals surface area contributed by atoms with Crippen molar-refractivity contribution < 1.29 is 17.9 Å². The molecule has 0 fully saturated rings. The van der Waals surface area contributed by atoms with E-state index in [9.17, 15) is 8.42 Å². The monoisotopic (exact) mass is 420 g/mol. The molecule has 0 spiro atoms. The van der Waals surface area contributed by atoms with Gasteiger partial charge in [0, 0.05) is 12.3 Å². The summed E-state index contributed by atoms with van der Waals surface area (Å²) in [5.74, 6) is 2.32. The van der Waals surface area contributed by atoms with Crippen molar-refractivity contribution in [3.05, 3.63) is 48.4 Å². The van der Waals surface area contributed by atoms with E-state index in [1.807, 2.05) is 30.7 Å². The van der Waals surface area contributed by atoms with Crippen LogP contribution in [0.4, 0.5) is 0 Å². The lowest BCUT2D eigenvalue weighted by atomic mass is 10.2. The van der Waals surface area contributed by atoms with E-state index in [1.165, 1.54) is 12.1 Å². The second-order valence-corrected chi connectivity index (χ2v) is 8.95. The highest BCUT2D eigenvalue weighted by Crippen LogP contribution is 2.32. The van der Waals surface area contributed by atoms with Crippen LogP contribution in [-0.2, 0) is 10.0 Å². The Balaban J connectivity index is 1.66. The first kappa shape index (κ1) is 19.0. The van der Waals surface area contributed by atoms with Gasteiger partial charge in [0.1, 0.15) is 13.2 Å². The largest absolute Gasteiger partial charge is 0.486 e. The lowest BCUT2D eigenvalue weighted by Crippen LogP contribution is -2.30. The van der Waals surface area contributed by atoms with E-state index in [1.54, 1.807) is 22.2 Å². The molecule has 0 bridgehead atoms. The first-order valence-corrected chi connectivity index (χ1v) is 11.7. The van der Waals surface area contributed by atoms with Gasteiger partial charge in [-0.05, 0) is 42.7 Å². The van der Waals surface area contributed by atoms with Crippen molar-refractivity contribution in [1.29, 1.82) is 0 Å². The van der Waals surface area contributed by atoms with Crippen molar-refractivity contribution in [1.82, 2.24) is 19.3 Å². The zero-order chi connectivity index (χ0) is 19.6. The van der Waals surface area contributed by atoms with Crippen LogP contribution in [0, 0.1) is 0 Å². The SMILES string of the molecule is CSCC[C@@H](NS(=O)(=O)c1ccc2c(c1)OCCO2)c1nnc2ccccn12. The molecule has 4 rings (SSSR count). The van der Waals surface area contributed by atoms with Crippen LogP contribution in [0.3, 0.4) is 0 Å². The Labute approximate surface area is 167 Å². The van der Waals surface area contributed by atoms with E-state index in [4.69, 9.17) is 9.47 Å². The van der Waals surface area contributed by atoms with Gasteiger partial charge in [-0.2, -0.15) is 11.8 Å². The number of aromatic nitrogens is 3. The molecule has 2 aromatic heterocycles. The average Bonchev–Trinajstić information content (AvgIpc) is 3.15. The molecule has 1 N–H and O–H groups in total. The third kappa shape index (κ3) is 3.80. The minimum absolute atomic E-state index is 0.125. The summed E-state index contributed by atoms with van der Waals surface area (Å²) in [5.41, 5.74) is 0.671. The van der Waals surface area contributed by atoms with Gasteiger partial charge in [-0.3, -0.25) is 4.40 Å². The predicted molar refractivity (Wildman–Crippen MR) is 106 cm³/mol. The van der Waals surface area contributed by atoms with Crippen molar-refractivity contribution in [3.8, 4) is 11.5 Å². The number of sulfonamides is 1. The van der Waals surface area contributed by atoms with Crippen molar-refractivity contribution in [2.75, 3.05) is 25.2 Å². The fraction of sp³-hybridized carbons (Fsp3) is 0.333. The second-order valence-electron chi connectivity index (χ2n) is 6.25. The molecule has 10 heteroatoms. The van der Waals surface area contributed by atoms with E-state index < -0.39 is 16.1 Å². The van der Waals surface area contributed by atoms with Gasteiger partial charge in [-0.1, -0.05) is 6.07 Å². The van der Waals surface area contributed by atoms with E-state index in [0.29, 0.717) is 42.6 Å². The van der Waals surface area contributed by atoms with Crippen LogP contribution in [0.15, 0.2) is 47.5 Å². The number of nitrogens with one attached hydrogen (secondary N) is 1. The van der Waals surface area contributed by atoms with Gasteiger partial charge in [-0.15, -0.1) is 10.2 Å². The Hall–Kier alpha value is -2.30. The molecule has 0 radical (unpaired) electrons. The number of thioether (sulfide) groups is 1. The van der Waals surface area contributed by atoms with Crippen molar-refractivity contribution in [2.24, 2.45) is 0 Å². The Morgan fingerprint density at radius 1 is 1.18 bits per heavy atom. The van der Waals surface area contributed by atoms with E-state index in [0.717, 1.165) is 5.75 Å². The van der Waals surface area contributed by atoms with E-state index in [2.05, 4.69) is 14.9 Å². The number of pyridine rings is 1. The number of rotatable bonds is 7. The molecule has 28 heavy (non-hydrogen) atoms. The van der Waals surface area contributed by atoms with Gasteiger partial charge in [0.2, 0.25) is 10.0 Å². The third-order valence-corrected chi connectivity index (χ3v) is 6.50. The Bertz CT molecular complexity index is 1080. The smallest absolute Gasteiger partial charge is 0.241 e. The van der Waals surface area contributed by atoms with Crippen LogP contribution in [0.1, 0.15) is 18.3 Å². The number of hydrogen-bond donors (Lipinski definition) is 1. The van der Waals surface area contributed by atoms with E-state index in [-0.39, 0.29) is 4.90 Å². The fourth-order valence-electron chi connectivity index (χ4n) is 3.02. The number of ether oxygens (including phenoxy) is 2. The van der Waals surface area contributed by atoms with Gasteiger partial charge < -0.3 is 9.47 Å². The molecule has 3 aromatic rings. The molecule has 1 aromatic carbocycles. The van der Waals surface area contributed by atoms with Crippen LogP contribution < -0.4 is 14.2 Å². The molecule has 1 aliphatic rings. The van der Waals surface area contributed by atoms with Gasteiger partial charge >= 0.3 is 0 Å². The molecule has 0 unspecified atom stereocenters. The van der Waals surface area contributed by atoms with Crippen molar-refractivity contribution in [2.45, 2.75) is 17.4 Å². The summed E-state index contributed by atoms with van der Waals surface area (Å²) in [5, 5.41) is 8.37. The summed E-state index contributed by atoms with van der Waals surface area (Å²) in [7, 11) is -3.79. The van der Waals surface area contributed by atoms with Crippen LogP contribution in [0.2, 0.25) is 0 Å². The molecule has 3 heterocycles. The summed E-state index contributed by atoms with van der Waals surface area (Å²) in [6, 6.07) is 9.67. The molecule has 0 saturated heterocycles. The third-order valence-electron chi connectivity index (χ3n) is 4.38. The van der Waals surface area contributed by atoms with Crippen LogP contribution in [-0.4, -0.2) is 48.2 Å². The zero-order valence-electron chi connectivity index (χ0n) is 15.2. The maximum absolute atomic E-state index is 13.1. The van der Waals surface area contributed by atoms with Crippen LogP contribution in [0.5, 0.6) is 11.5 Å². The van der Waals surface area contributed by atoms with Crippen LogP contribution >= 0.6 is 11.8 Å². The summed E-state index contributed by atoms with van der Waals surface area (Å²) in [6.45, 7) is 0.847. The standard InChI is InChI=1S/C18H20N4O4S2/c1-27-11-7-14(18-20-19-17-4-2-3-8-22(17)18)21-28(23,24)13-5-6-15-16(12-13)26-10-9-25-15/h2-6,8,12,14,21H,7,9-11H2,1H3/t14-/m1/s1. The molecule has 1 atom stereocenters. The fourth-order valence-corrected chi connectivity index (χ4v) is 4.73. The molecule has 1 aliphatic heterocycles. The van der Waals surface area contributed by atoms with Gasteiger partial charge in [-0.25, -0.2) is 13.1 Å². The zero-order valence-corrected chi connectivity index (χ0v) is 16.9. The minimum Gasteiger partial charge on any atom is -0.486 e. The van der Waals surface area contributed by atoms with Gasteiger partial charge in [0.15, 0.2) is 23.0 Å². The van der Waals surface area contributed by atoms with E-state index >= 15 is 0 Å². The van der Waals surface area contributed by atoms with Crippen molar-refractivity contribution >= 4 is 27.4 Å². The Kier molecular flexibility index (Phi) is 5.42. The van der Waals surface area contributed by atoms with Crippen molar-refractivity contribution in [3.63, 3.8) is 0 Å². The predicted octanol–water partition coefficient (Wildman–Crippen LogP) is 2.27. The molecular formula is C18H20N4O4S2. The number of fused-ring (bicyclic) bond motifs is 2. The highest BCUT2D eigenvalue weighted by molar-refractivity contribution is 7.98. The topological polar surface area (TPSA) is 94.8 Å². The number of benzene rings is 1. The molecule has 8 nitrogen and oxygen atoms in total. The lowest BCUT2D eigenvalue weighted by molar-refractivity contribution is 0.171. The molecule has 0 saturated carbocycles. The summed E-state index contributed by atoms with van der Waals surface area (Å²) in [4.78, 5) is 0.125. The van der Waals surface area contributed by atoms with Gasteiger partial charge in [0.25, 0.3) is 0 Å². The minimum atomic E-state index is -3.79. The first-order valence-electron chi connectivity index (χ1n) is 8.79.